The van der Waals surface area contributed by atoms with E-state index in [4.69, 9.17) is 5.11 Å². The van der Waals surface area contributed by atoms with E-state index >= 15 is 0 Å². The largest absolute Gasteiger partial charge is 0.396 e. The minimum absolute atomic E-state index is 0.358. The lowest BCUT2D eigenvalue weighted by Crippen LogP contribution is -1.99. The van der Waals surface area contributed by atoms with Gasteiger partial charge in [0.15, 0.2) is 0 Å². The Morgan fingerprint density at radius 3 is 1.73 bits per heavy atom. The van der Waals surface area contributed by atoms with Gasteiger partial charge >= 0.3 is 0 Å². The molecular formula is C14H30O. The summed E-state index contributed by atoms with van der Waals surface area (Å²) in [6.45, 7) is 4.75. The second kappa shape index (κ2) is 12.0. The average Bonchev–Trinajstić information content (AvgIpc) is 2.26. The quantitative estimate of drug-likeness (QED) is 0.501. The third kappa shape index (κ3) is 11.9. The van der Waals surface area contributed by atoms with Crippen LogP contribution >= 0.6 is 0 Å². The summed E-state index contributed by atoms with van der Waals surface area (Å²) in [4.78, 5) is 0. The summed E-state index contributed by atoms with van der Waals surface area (Å²) in [6, 6.07) is 0. The predicted molar refractivity (Wildman–Crippen MR) is 68.1 cm³/mol. The first-order valence-electron chi connectivity index (χ1n) is 6.92. The SMILES string of the molecule is CCCCCCCCCCC[C@H](C)CO. The van der Waals surface area contributed by atoms with Crippen LogP contribution in [-0.4, -0.2) is 11.7 Å². The molecule has 0 aromatic heterocycles. The summed E-state index contributed by atoms with van der Waals surface area (Å²) in [6.07, 6.45) is 13.7. The molecule has 0 aliphatic rings. The van der Waals surface area contributed by atoms with Gasteiger partial charge in [0.1, 0.15) is 0 Å². The van der Waals surface area contributed by atoms with Gasteiger partial charge in [-0.2, -0.15) is 0 Å². The Morgan fingerprint density at radius 2 is 1.27 bits per heavy atom. The fraction of sp³-hybridized carbons (Fsp3) is 1.00. The van der Waals surface area contributed by atoms with Crippen LogP contribution in [0.15, 0.2) is 0 Å². The fourth-order valence-corrected chi connectivity index (χ4v) is 1.89. The second-order valence-electron chi connectivity index (χ2n) is 4.90. The highest BCUT2D eigenvalue weighted by Crippen LogP contribution is 2.12. The molecule has 0 rings (SSSR count). The molecule has 0 heterocycles. The molecule has 92 valence electrons. The van der Waals surface area contributed by atoms with Gasteiger partial charge in [-0.15, -0.1) is 0 Å². The van der Waals surface area contributed by atoms with Crippen LogP contribution in [0.1, 0.15) is 78.1 Å². The van der Waals surface area contributed by atoms with Crippen molar-refractivity contribution in [3.63, 3.8) is 0 Å². The van der Waals surface area contributed by atoms with Crippen molar-refractivity contribution >= 4 is 0 Å². The molecule has 1 nitrogen and oxygen atoms in total. The van der Waals surface area contributed by atoms with Crippen LogP contribution in [0.2, 0.25) is 0 Å². The van der Waals surface area contributed by atoms with Crippen LogP contribution in [0.3, 0.4) is 0 Å². The number of hydrogen-bond donors (Lipinski definition) is 1. The molecule has 0 aromatic carbocycles. The van der Waals surface area contributed by atoms with Crippen LogP contribution in [-0.2, 0) is 0 Å². The minimum atomic E-state index is 0.358. The Labute approximate surface area is 96.3 Å². The molecule has 1 atom stereocenters. The maximum Gasteiger partial charge on any atom is 0.0456 e. The van der Waals surface area contributed by atoms with Gasteiger partial charge in [0.05, 0.1) is 0 Å². The van der Waals surface area contributed by atoms with E-state index in [9.17, 15) is 0 Å². The van der Waals surface area contributed by atoms with Gasteiger partial charge in [-0.25, -0.2) is 0 Å². The Balaban J connectivity index is 2.92. The third-order valence-corrected chi connectivity index (χ3v) is 3.11. The lowest BCUT2D eigenvalue weighted by molar-refractivity contribution is 0.227. The highest BCUT2D eigenvalue weighted by Gasteiger charge is 1.98. The molecule has 0 saturated heterocycles. The van der Waals surface area contributed by atoms with Gasteiger partial charge in [0.25, 0.3) is 0 Å². The van der Waals surface area contributed by atoms with E-state index in [-0.39, 0.29) is 0 Å². The number of hydrogen-bond acceptors (Lipinski definition) is 1. The summed E-state index contributed by atoms with van der Waals surface area (Å²) in [5, 5.41) is 8.86. The van der Waals surface area contributed by atoms with Crippen molar-refractivity contribution in [1.82, 2.24) is 0 Å². The third-order valence-electron chi connectivity index (χ3n) is 3.11. The van der Waals surface area contributed by atoms with E-state index in [1.807, 2.05) is 0 Å². The molecule has 0 unspecified atom stereocenters. The van der Waals surface area contributed by atoms with Gasteiger partial charge in [-0.3, -0.25) is 0 Å². The zero-order chi connectivity index (χ0) is 11.4. The molecule has 0 spiro atoms. The summed E-state index contributed by atoms with van der Waals surface area (Å²) < 4.78 is 0. The summed E-state index contributed by atoms with van der Waals surface area (Å²) in [7, 11) is 0. The van der Waals surface area contributed by atoms with Crippen LogP contribution in [0.25, 0.3) is 0 Å². The highest BCUT2D eigenvalue weighted by atomic mass is 16.3. The van der Waals surface area contributed by atoms with E-state index in [0.717, 1.165) is 0 Å². The van der Waals surface area contributed by atoms with E-state index in [1.165, 1.54) is 64.2 Å². The molecule has 0 saturated carbocycles. The predicted octanol–water partition coefficient (Wildman–Crippen LogP) is 4.54. The molecule has 15 heavy (non-hydrogen) atoms. The highest BCUT2D eigenvalue weighted by molar-refractivity contribution is 4.52. The first-order valence-corrected chi connectivity index (χ1v) is 6.92. The Hall–Kier alpha value is -0.0400. The van der Waals surface area contributed by atoms with Gasteiger partial charge in [-0.05, 0) is 12.3 Å². The van der Waals surface area contributed by atoms with Gasteiger partial charge in [0.2, 0.25) is 0 Å². The molecule has 0 bridgehead atoms. The second-order valence-corrected chi connectivity index (χ2v) is 4.90. The molecular weight excluding hydrogens is 184 g/mol. The van der Waals surface area contributed by atoms with E-state index in [2.05, 4.69) is 13.8 Å². The summed E-state index contributed by atoms with van der Waals surface area (Å²) >= 11 is 0. The lowest BCUT2D eigenvalue weighted by Gasteiger charge is -2.06. The summed E-state index contributed by atoms with van der Waals surface area (Å²) in [5.74, 6) is 0.509. The first-order chi connectivity index (χ1) is 7.31. The molecule has 0 radical (unpaired) electrons. The van der Waals surface area contributed by atoms with Crippen LogP contribution < -0.4 is 0 Å². The van der Waals surface area contributed by atoms with Crippen molar-refractivity contribution in [3.05, 3.63) is 0 Å². The van der Waals surface area contributed by atoms with Crippen molar-refractivity contribution in [2.75, 3.05) is 6.61 Å². The van der Waals surface area contributed by atoms with E-state index in [0.29, 0.717) is 12.5 Å². The monoisotopic (exact) mass is 214 g/mol. The van der Waals surface area contributed by atoms with Crippen LogP contribution in [0.5, 0.6) is 0 Å². The van der Waals surface area contributed by atoms with Crippen molar-refractivity contribution in [2.45, 2.75) is 78.1 Å². The maximum absolute atomic E-state index is 8.86. The molecule has 1 heteroatoms. The molecule has 0 aliphatic heterocycles. The van der Waals surface area contributed by atoms with Crippen molar-refractivity contribution < 1.29 is 5.11 Å². The molecule has 0 aromatic rings. The number of unbranched alkanes of at least 4 members (excludes halogenated alkanes) is 8. The molecule has 0 amide bonds. The Bertz CT molecular complexity index is 112. The Kier molecular flexibility index (Phi) is 12.0. The topological polar surface area (TPSA) is 20.2 Å². The zero-order valence-corrected chi connectivity index (χ0v) is 10.8. The Morgan fingerprint density at radius 1 is 0.800 bits per heavy atom. The summed E-state index contributed by atoms with van der Waals surface area (Å²) in [5.41, 5.74) is 0. The molecule has 0 fully saturated rings. The first kappa shape index (κ1) is 15.0. The smallest absolute Gasteiger partial charge is 0.0456 e. The van der Waals surface area contributed by atoms with Crippen LogP contribution in [0, 0.1) is 5.92 Å². The van der Waals surface area contributed by atoms with E-state index < -0.39 is 0 Å². The van der Waals surface area contributed by atoms with Crippen molar-refractivity contribution in [2.24, 2.45) is 5.92 Å². The van der Waals surface area contributed by atoms with Gasteiger partial charge < -0.3 is 5.11 Å². The fourth-order valence-electron chi connectivity index (χ4n) is 1.89. The minimum Gasteiger partial charge on any atom is -0.396 e. The average molecular weight is 214 g/mol. The van der Waals surface area contributed by atoms with Gasteiger partial charge in [0, 0.05) is 6.61 Å². The van der Waals surface area contributed by atoms with Crippen molar-refractivity contribution in [1.29, 1.82) is 0 Å². The van der Waals surface area contributed by atoms with Crippen LogP contribution in [0.4, 0.5) is 0 Å². The molecule has 1 N–H and O–H groups in total. The molecule has 0 aliphatic carbocycles. The number of rotatable bonds is 11. The van der Waals surface area contributed by atoms with Crippen molar-refractivity contribution in [3.8, 4) is 0 Å². The maximum atomic E-state index is 8.86. The normalized spacial score (nSPS) is 13.0. The lowest BCUT2D eigenvalue weighted by atomic mass is 10.0. The number of aliphatic hydroxyl groups is 1. The number of aliphatic hydroxyl groups excluding tert-OH is 1. The van der Waals surface area contributed by atoms with E-state index in [1.54, 1.807) is 0 Å². The standard InChI is InChI=1S/C14H30O/c1-3-4-5-6-7-8-9-10-11-12-14(2)13-15/h14-15H,3-13H2,1-2H3/t14-/m0/s1. The zero-order valence-electron chi connectivity index (χ0n) is 10.8. The van der Waals surface area contributed by atoms with Gasteiger partial charge in [-0.1, -0.05) is 71.6 Å².